The van der Waals surface area contributed by atoms with Gasteiger partial charge in [-0.25, -0.2) is 18.0 Å². The van der Waals surface area contributed by atoms with Crippen molar-refractivity contribution in [3.63, 3.8) is 0 Å². The number of aromatic carboxylic acids is 1. The highest BCUT2D eigenvalue weighted by Crippen LogP contribution is 2.31. The van der Waals surface area contributed by atoms with Crippen LogP contribution in [0.2, 0.25) is 5.02 Å². The quantitative estimate of drug-likeness (QED) is 0.901. The highest BCUT2D eigenvalue weighted by molar-refractivity contribution is 6.33. The SMILES string of the molecule is O=C(O)c1cc(Cl)c(-c2ccc(F)c(F)c2)cc1F. The fourth-order valence-corrected chi connectivity index (χ4v) is 1.87. The summed E-state index contributed by atoms with van der Waals surface area (Å²) in [5.74, 6) is -4.60. The molecule has 2 aromatic carbocycles. The average molecular weight is 287 g/mol. The molecule has 2 nitrogen and oxygen atoms in total. The number of hydrogen-bond acceptors (Lipinski definition) is 1. The number of rotatable bonds is 2. The Hall–Kier alpha value is -2.01. The predicted octanol–water partition coefficient (Wildman–Crippen LogP) is 4.12. The minimum absolute atomic E-state index is 0.0650. The highest BCUT2D eigenvalue weighted by Gasteiger charge is 2.16. The third-order valence-electron chi connectivity index (χ3n) is 2.52. The summed E-state index contributed by atoms with van der Waals surface area (Å²) < 4.78 is 39.4. The van der Waals surface area contributed by atoms with Gasteiger partial charge in [0.1, 0.15) is 5.82 Å². The first-order chi connectivity index (χ1) is 8.90. The van der Waals surface area contributed by atoms with E-state index in [4.69, 9.17) is 16.7 Å². The molecule has 19 heavy (non-hydrogen) atoms. The van der Waals surface area contributed by atoms with Crippen LogP contribution in [0.1, 0.15) is 10.4 Å². The van der Waals surface area contributed by atoms with Crippen molar-refractivity contribution in [3.05, 3.63) is 58.4 Å². The summed E-state index contributed by atoms with van der Waals surface area (Å²) in [6, 6.07) is 4.76. The van der Waals surface area contributed by atoms with Gasteiger partial charge in [-0.2, -0.15) is 0 Å². The molecule has 0 aliphatic rings. The van der Waals surface area contributed by atoms with Crippen molar-refractivity contribution in [1.29, 1.82) is 0 Å². The fraction of sp³-hybridized carbons (Fsp3) is 0. The van der Waals surface area contributed by atoms with E-state index in [1.807, 2.05) is 0 Å². The summed E-state index contributed by atoms with van der Waals surface area (Å²) in [6.45, 7) is 0. The van der Waals surface area contributed by atoms with E-state index >= 15 is 0 Å². The molecule has 0 bridgehead atoms. The van der Waals surface area contributed by atoms with Gasteiger partial charge in [-0.05, 0) is 29.8 Å². The Morgan fingerprint density at radius 1 is 1.00 bits per heavy atom. The van der Waals surface area contributed by atoms with E-state index in [0.717, 1.165) is 24.3 Å². The van der Waals surface area contributed by atoms with Gasteiger partial charge in [0.15, 0.2) is 11.6 Å². The van der Waals surface area contributed by atoms with Gasteiger partial charge < -0.3 is 5.11 Å². The molecule has 0 fully saturated rings. The molecular weight excluding hydrogens is 281 g/mol. The standard InChI is InChI=1S/C13H6ClF3O2/c14-9-4-8(13(18)19)11(16)5-7(9)6-1-2-10(15)12(17)3-6/h1-5H,(H,18,19). The van der Waals surface area contributed by atoms with Crippen LogP contribution in [0.15, 0.2) is 30.3 Å². The van der Waals surface area contributed by atoms with Gasteiger partial charge >= 0.3 is 5.97 Å². The van der Waals surface area contributed by atoms with Crippen LogP contribution in [0.25, 0.3) is 11.1 Å². The van der Waals surface area contributed by atoms with Crippen LogP contribution in [0, 0.1) is 17.5 Å². The molecule has 0 saturated carbocycles. The Kier molecular flexibility index (Phi) is 3.48. The molecule has 0 heterocycles. The molecule has 2 rings (SSSR count). The van der Waals surface area contributed by atoms with E-state index in [9.17, 15) is 18.0 Å². The lowest BCUT2D eigenvalue weighted by atomic mass is 10.0. The van der Waals surface area contributed by atoms with Crippen molar-refractivity contribution < 1.29 is 23.1 Å². The number of carboxylic acid groups (broad SMARTS) is 1. The van der Waals surface area contributed by atoms with Gasteiger partial charge in [0.2, 0.25) is 0 Å². The Morgan fingerprint density at radius 3 is 2.26 bits per heavy atom. The molecule has 0 aromatic heterocycles. The highest BCUT2D eigenvalue weighted by atomic mass is 35.5. The lowest BCUT2D eigenvalue weighted by molar-refractivity contribution is 0.0692. The maximum absolute atomic E-state index is 13.5. The molecule has 0 saturated heterocycles. The summed E-state index contributed by atoms with van der Waals surface area (Å²) in [5, 5.41) is 8.66. The van der Waals surface area contributed by atoms with E-state index in [1.54, 1.807) is 0 Å². The zero-order chi connectivity index (χ0) is 14.2. The van der Waals surface area contributed by atoms with E-state index in [-0.39, 0.29) is 16.1 Å². The van der Waals surface area contributed by atoms with E-state index < -0.39 is 29.0 Å². The Bertz CT molecular complexity index is 671. The maximum atomic E-state index is 13.5. The number of halogens is 4. The lowest BCUT2D eigenvalue weighted by Crippen LogP contribution is -2.01. The summed E-state index contributed by atoms with van der Waals surface area (Å²) in [5.41, 5.74) is -0.348. The van der Waals surface area contributed by atoms with Crippen LogP contribution in [0.5, 0.6) is 0 Å². The Morgan fingerprint density at radius 2 is 1.68 bits per heavy atom. The first kappa shape index (κ1) is 13.4. The van der Waals surface area contributed by atoms with E-state index in [1.165, 1.54) is 6.07 Å². The Balaban J connectivity index is 2.60. The van der Waals surface area contributed by atoms with Gasteiger partial charge in [-0.3, -0.25) is 0 Å². The molecule has 0 amide bonds. The van der Waals surface area contributed by atoms with Gasteiger partial charge in [-0.1, -0.05) is 17.7 Å². The summed E-state index contributed by atoms with van der Waals surface area (Å²) >= 11 is 5.83. The predicted molar refractivity (Wildman–Crippen MR) is 63.7 cm³/mol. The monoisotopic (exact) mass is 286 g/mol. The van der Waals surface area contributed by atoms with E-state index in [2.05, 4.69) is 0 Å². The van der Waals surface area contributed by atoms with Crippen molar-refractivity contribution in [3.8, 4) is 11.1 Å². The van der Waals surface area contributed by atoms with E-state index in [0.29, 0.717) is 0 Å². The molecule has 1 N–H and O–H groups in total. The average Bonchev–Trinajstić information content (AvgIpc) is 2.35. The molecule has 0 radical (unpaired) electrons. The van der Waals surface area contributed by atoms with Crippen molar-refractivity contribution in [1.82, 2.24) is 0 Å². The maximum Gasteiger partial charge on any atom is 0.338 e. The first-order valence-electron chi connectivity index (χ1n) is 5.08. The van der Waals surface area contributed by atoms with Gasteiger partial charge in [-0.15, -0.1) is 0 Å². The smallest absolute Gasteiger partial charge is 0.338 e. The second-order valence-electron chi connectivity index (χ2n) is 3.75. The topological polar surface area (TPSA) is 37.3 Å². The molecule has 98 valence electrons. The first-order valence-corrected chi connectivity index (χ1v) is 5.45. The van der Waals surface area contributed by atoms with Crippen LogP contribution in [-0.2, 0) is 0 Å². The molecule has 0 spiro atoms. The van der Waals surface area contributed by atoms with Gasteiger partial charge in [0.05, 0.1) is 5.56 Å². The second kappa shape index (κ2) is 4.93. The number of hydrogen-bond donors (Lipinski definition) is 1. The minimum Gasteiger partial charge on any atom is -0.478 e. The van der Waals surface area contributed by atoms with Crippen molar-refractivity contribution in [2.24, 2.45) is 0 Å². The number of benzene rings is 2. The molecular formula is C13H6ClF3O2. The van der Waals surface area contributed by atoms with Gasteiger partial charge in [0, 0.05) is 10.6 Å². The molecule has 0 unspecified atom stereocenters. The third kappa shape index (κ3) is 2.56. The number of carbonyl (C=O) groups is 1. The largest absolute Gasteiger partial charge is 0.478 e. The lowest BCUT2D eigenvalue weighted by Gasteiger charge is -2.07. The Labute approximate surface area is 111 Å². The van der Waals surface area contributed by atoms with Crippen LogP contribution in [0.4, 0.5) is 13.2 Å². The van der Waals surface area contributed by atoms with Crippen molar-refractivity contribution >= 4 is 17.6 Å². The summed E-state index contributed by atoms with van der Waals surface area (Å²) in [7, 11) is 0. The number of carboxylic acids is 1. The summed E-state index contributed by atoms with van der Waals surface area (Å²) in [6.07, 6.45) is 0. The van der Waals surface area contributed by atoms with Gasteiger partial charge in [0.25, 0.3) is 0 Å². The molecule has 0 aliphatic carbocycles. The van der Waals surface area contributed by atoms with Crippen LogP contribution < -0.4 is 0 Å². The van der Waals surface area contributed by atoms with Crippen LogP contribution in [0.3, 0.4) is 0 Å². The molecule has 6 heteroatoms. The van der Waals surface area contributed by atoms with Crippen LogP contribution >= 0.6 is 11.6 Å². The fourth-order valence-electron chi connectivity index (χ4n) is 1.60. The normalized spacial score (nSPS) is 10.5. The molecule has 2 aromatic rings. The van der Waals surface area contributed by atoms with Crippen molar-refractivity contribution in [2.75, 3.05) is 0 Å². The molecule has 0 atom stereocenters. The van der Waals surface area contributed by atoms with Crippen molar-refractivity contribution in [2.45, 2.75) is 0 Å². The zero-order valence-corrected chi connectivity index (χ0v) is 10.0. The third-order valence-corrected chi connectivity index (χ3v) is 2.83. The zero-order valence-electron chi connectivity index (χ0n) is 9.25. The van der Waals surface area contributed by atoms with Crippen LogP contribution in [-0.4, -0.2) is 11.1 Å². The molecule has 0 aliphatic heterocycles. The second-order valence-corrected chi connectivity index (χ2v) is 4.15. The summed E-state index contributed by atoms with van der Waals surface area (Å²) in [4.78, 5) is 10.7. The minimum atomic E-state index is -1.46.